The molecule has 3 heteroatoms. The molecule has 0 amide bonds. The molecule has 3 rings (SSSR count). The summed E-state index contributed by atoms with van der Waals surface area (Å²) >= 11 is 0. The predicted molar refractivity (Wildman–Crippen MR) is 63.7 cm³/mol. The van der Waals surface area contributed by atoms with E-state index >= 15 is 0 Å². The van der Waals surface area contributed by atoms with E-state index in [4.69, 9.17) is 4.42 Å². The summed E-state index contributed by atoms with van der Waals surface area (Å²) in [6.45, 7) is 0. The van der Waals surface area contributed by atoms with E-state index in [0.717, 1.165) is 16.8 Å². The topological polar surface area (TPSA) is 41.8 Å². The van der Waals surface area contributed by atoms with Crippen LogP contribution >= 0.6 is 0 Å². The highest BCUT2D eigenvalue weighted by atomic mass is 16.3. The Labute approximate surface area is 92.4 Å². The number of hydrogen-bond acceptors (Lipinski definition) is 2. The standard InChI is InChI=1S/C13H10N2O/c1-2-6-12-11(5-1)15-13(16-12)8-7-10-4-3-9-14-10/h1-9,14H/b8-7+. The van der Waals surface area contributed by atoms with Gasteiger partial charge in [-0.15, -0.1) is 0 Å². The van der Waals surface area contributed by atoms with Crippen LogP contribution in [-0.2, 0) is 0 Å². The smallest absolute Gasteiger partial charge is 0.220 e. The molecule has 0 radical (unpaired) electrons. The van der Waals surface area contributed by atoms with Gasteiger partial charge in [0.2, 0.25) is 5.89 Å². The largest absolute Gasteiger partial charge is 0.437 e. The first-order chi connectivity index (χ1) is 7.92. The van der Waals surface area contributed by atoms with E-state index in [-0.39, 0.29) is 0 Å². The number of rotatable bonds is 2. The monoisotopic (exact) mass is 210 g/mol. The van der Waals surface area contributed by atoms with E-state index in [2.05, 4.69) is 9.97 Å². The normalized spacial score (nSPS) is 11.5. The first-order valence-corrected chi connectivity index (χ1v) is 5.09. The summed E-state index contributed by atoms with van der Waals surface area (Å²) in [4.78, 5) is 7.43. The van der Waals surface area contributed by atoms with Crippen LogP contribution < -0.4 is 0 Å². The SMILES string of the molecule is C(=C\c1nc2ccccc2o1)/c1ccc[nH]1. The zero-order valence-corrected chi connectivity index (χ0v) is 8.55. The number of oxazole rings is 1. The molecule has 0 unspecified atom stereocenters. The number of hydrogen-bond donors (Lipinski definition) is 1. The first-order valence-electron chi connectivity index (χ1n) is 5.09. The first kappa shape index (κ1) is 8.97. The van der Waals surface area contributed by atoms with Gasteiger partial charge in [0, 0.05) is 18.0 Å². The maximum Gasteiger partial charge on any atom is 0.220 e. The summed E-state index contributed by atoms with van der Waals surface area (Å²) in [5.41, 5.74) is 2.73. The van der Waals surface area contributed by atoms with Gasteiger partial charge in [0.05, 0.1) is 0 Å². The second kappa shape index (κ2) is 3.70. The van der Waals surface area contributed by atoms with E-state index in [1.165, 1.54) is 0 Å². The minimum Gasteiger partial charge on any atom is -0.437 e. The Balaban J connectivity index is 1.95. The van der Waals surface area contributed by atoms with Gasteiger partial charge in [0.25, 0.3) is 0 Å². The molecule has 78 valence electrons. The molecule has 3 aromatic rings. The van der Waals surface area contributed by atoms with E-state index in [9.17, 15) is 0 Å². The molecule has 3 nitrogen and oxygen atoms in total. The number of benzene rings is 1. The van der Waals surface area contributed by atoms with Gasteiger partial charge in [-0.1, -0.05) is 12.1 Å². The molecule has 0 aliphatic carbocycles. The van der Waals surface area contributed by atoms with Gasteiger partial charge in [-0.3, -0.25) is 0 Å². The number of nitrogens with one attached hydrogen (secondary N) is 1. The number of aromatic amines is 1. The molecule has 0 fully saturated rings. The van der Waals surface area contributed by atoms with E-state index < -0.39 is 0 Å². The Hall–Kier alpha value is -2.29. The zero-order valence-electron chi connectivity index (χ0n) is 8.55. The van der Waals surface area contributed by atoms with Crippen LogP contribution in [0.25, 0.3) is 23.3 Å². The second-order valence-electron chi connectivity index (χ2n) is 3.48. The number of aromatic nitrogens is 2. The van der Waals surface area contributed by atoms with Gasteiger partial charge < -0.3 is 9.40 Å². The highest BCUT2D eigenvalue weighted by Crippen LogP contribution is 2.16. The van der Waals surface area contributed by atoms with Crippen molar-refractivity contribution in [1.29, 1.82) is 0 Å². The van der Waals surface area contributed by atoms with Crippen molar-refractivity contribution in [3.05, 3.63) is 54.2 Å². The lowest BCUT2D eigenvalue weighted by molar-refractivity contribution is 0.589. The molecule has 2 aromatic heterocycles. The van der Waals surface area contributed by atoms with E-state index in [0.29, 0.717) is 5.89 Å². The van der Waals surface area contributed by atoms with Crippen LogP contribution in [0.2, 0.25) is 0 Å². The molecule has 0 bridgehead atoms. The molecular weight excluding hydrogens is 200 g/mol. The summed E-state index contributed by atoms with van der Waals surface area (Å²) in [5, 5.41) is 0. The van der Waals surface area contributed by atoms with Gasteiger partial charge in [0.1, 0.15) is 5.52 Å². The van der Waals surface area contributed by atoms with Crippen LogP contribution in [0, 0.1) is 0 Å². The van der Waals surface area contributed by atoms with E-state index in [1.54, 1.807) is 0 Å². The minimum absolute atomic E-state index is 0.621. The number of fused-ring (bicyclic) bond motifs is 1. The lowest BCUT2D eigenvalue weighted by atomic mass is 10.3. The summed E-state index contributed by atoms with van der Waals surface area (Å²) in [6.07, 6.45) is 5.67. The van der Waals surface area contributed by atoms with Crippen molar-refractivity contribution < 1.29 is 4.42 Å². The highest BCUT2D eigenvalue weighted by molar-refractivity contribution is 5.75. The molecule has 0 spiro atoms. The van der Waals surface area contributed by atoms with E-state index in [1.807, 2.05) is 54.7 Å². The Morgan fingerprint density at radius 3 is 2.81 bits per heavy atom. The zero-order chi connectivity index (χ0) is 10.8. The number of H-pyrrole nitrogens is 1. The lowest BCUT2D eigenvalue weighted by Gasteiger charge is -1.83. The number of nitrogens with zero attached hydrogens (tertiary/aromatic N) is 1. The van der Waals surface area contributed by atoms with Crippen LogP contribution in [0.4, 0.5) is 0 Å². The molecule has 0 atom stereocenters. The van der Waals surface area contributed by atoms with Gasteiger partial charge in [0.15, 0.2) is 5.58 Å². The fraction of sp³-hybridized carbons (Fsp3) is 0. The maximum absolute atomic E-state index is 5.55. The number of para-hydroxylation sites is 2. The van der Waals surface area contributed by atoms with Crippen molar-refractivity contribution in [2.45, 2.75) is 0 Å². The average Bonchev–Trinajstić information content (AvgIpc) is 2.95. The average molecular weight is 210 g/mol. The van der Waals surface area contributed by atoms with Gasteiger partial charge in [-0.2, -0.15) is 0 Å². The molecule has 0 aliphatic rings. The van der Waals surface area contributed by atoms with Crippen LogP contribution in [-0.4, -0.2) is 9.97 Å². The summed E-state index contributed by atoms with van der Waals surface area (Å²) in [7, 11) is 0. The van der Waals surface area contributed by atoms with Crippen molar-refractivity contribution in [1.82, 2.24) is 9.97 Å². The van der Waals surface area contributed by atoms with Crippen molar-refractivity contribution in [2.24, 2.45) is 0 Å². The van der Waals surface area contributed by atoms with Crippen molar-refractivity contribution in [3.8, 4) is 0 Å². The van der Waals surface area contributed by atoms with Crippen LogP contribution in [0.15, 0.2) is 47.0 Å². The third-order valence-corrected chi connectivity index (χ3v) is 2.34. The highest BCUT2D eigenvalue weighted by Gasteiger charge is 2.00. The van der Waals surface area contributed by atoms with Crippen LogP contribution in [0.1, 0.15) is 11.6 Å². The Morgan fingerprint density at radius 1 is 1.06 bits per heavy atom. The quantitative estimate of drug-likeness (QED) is 0.704. The van der Waals surface area contributed by atoms with Crippen LogP contribution in [0.3, 0.4) is 0 Å². The molecular formula is C13H10N2O. The third kappa shape index (κ3) is 1.63. The van der Waals surface area contributed by atoms with Gasteiger partial charge >= 0.3 is 0 Å². The van der Waals surface area contributed by atoms with Crippen molar-refractivity contribution in [2.75, 3.05) is 0 Å². The Morgan fingerprint density at radius 2 is 2.00 bits per heavy atom. The minimum atomic E-state index is 0.621. The van der Waals surface area contributed by atoms with Crippen molar-refractivity contribution >= 4 is 23.3 Å². The molecule has 0 aliphatic heterocycles. The second-order valence-corrected chi connectivity index (χ2v) is 3.48. The Kier molecular flexibility index (Phi) is 2.07. The fourth-order valence-electron chi connectivity index (χ4n) is 1.57. The molecule has 0 saturated heterocycles. The Bertz CT molecular complexity index is 587. The van der Waals surface area contributed by atoms with Gasteiger partial charge in [-0.25, -0.2) is 4.98 Å². The fourth-order valence-corrected chi connectivity index (χ4v) is 1.57. The molecule has 0 saturated carbocycles. The molecule has 1 N–H and O–H groups in total. The molecule has 2 heterocycles. The predicted octanol–water partition coefficient (Wildman–Crippen LogP) is 3.33. The summed E-state index contributed by atoms with van der Waals surface area (Å²) in [6, 6.07) is 11.7. The molecule has 16 heavy (non-hydrogen) atoms. The van der Waals surface area contributed by atoms with Crippen LogP contribution in [0.5, 0.6) is 0 Å². The van der Waals surface area contributed by atoms with Gasteiger partial charge in [-0.05, 0) is 30.3 Å². The lowest BCUT2D eigenvalue weighted by Crippen LogP contribution is -1.70. The third-order valence-electron chi connectivity index (χ3n) is 2.34. The van der Waals surface area contributed by atoms with Crippen molar-refractivity contribution in [3.63, 3.8) is 0 Å². The summed E-state index contributed by atoms with van der Waals surface area (Å²) in [5.74, 6) is 0.621. The molecule has 1 aromatic carbocycles. The summed E-state index contributed by atoms with van der Waals surface area (Å²) < 4.78 is 5.55. The maximum atomic E-state index is 5.55.